The normalized spacial score (nSPS) is 10.1. The SMILES string of the molecule is Bc1cc(Cc2ccc(NC(N)=O)cc2)ccc1OC. The number of rotatable bonds is 4. The molecule has 0 heterocycles. The summed E-state index contributed by atoms with van der Waals surface area (Å²) in [6.45, 7) is 0. The Morgan fingerprint density at radius 2 is 1.85 bits per heavy atom. The van der Waals surface area contributed by atoms with Gasteiger partial charge in [-0.15, -0.1) is 0 Å². The number of urea groups is 1. The number of nitrogens with one attached hydrogen (secondary N) is 1. The summed E-state index contributed by atoms with van der Waals surface area (Å²) in [6, 6.07) is 13.2. The van der Waals surface area contributed by atoms with Crippen molar-refractivity contribution >= 4 is 25.0 Å². The Bertz CT molecular complexity index is 612. The molecule has 0 aliphatic carbocycles. The number of anilines is 1. The molecule has 3 N–H and O–H groups in total. The summed E-state index contributed by atoms with van der Waals surface area (Å²) in [4.78, 5) is 10.7. The monoisotopic (exact) mass is 268 g/mol. The highest BCUT2D eigenvalue weighted by Gasteiger charge is 2.02. The molecule has 0 spiro atoms. The van der Waals surface area contributed by atoms with Gasteiger partial charge in [-0.2, -0.15) is 0 Å². The second kappa shape index (κ2) is 6.15. The lowest BCUT2D eigenvalue weighted by atomic mass is 9.91. The zero-order chi connectivity index (χ0) is 14.5. The van der Waals surface area contributed by atoms with Crippen LogP contribution in [0.25, 0.3) is 0 Å². The number of ether oxygens (including phenoxy) is 1. The zero-order valence-electron chi connectivity index (χ0n) is 11.6. The quantitative estimate of drug-likeness (QED) is 0.813. The van der Waals surface area contributed by atoms with Crippen LogP contribution in [-0.2, 0) is 6.42 Å². The second-order valence-electron chi connectivity index (χ2n) is 4.67. The Balaban J connectivity index is 2.10. The lowest BCUT2D eigenvalue weighted by molar-refractivity contribution is 0.259. The third kappa shape index (κ3) is 3.54. The van der Waals surface area contributed by atoms with Gasteiger partial charge in [0.2, 0.25) is 0 Å². The first kappa shape index (κ1) is 14.0. The Labute approximate surface area is 119 Å². The smallest absolute Gasteiger partial charge is 0.316 e. The number of amides is 2. The molecule has 2 aromatic rings. The van der Waals surface area contributed by atoms with Gasteiger partial charge in [-0.05, 0) is 41.2 Å². The lowest BCUT2D eigenvalue weighted by Crippen LogP contribution is -2.19. The first-order valence-corrected chi connectivity index (χ1v) is 6.37. The summed E-state index contributed by atoms with van der Waals surface area (Å²) in [7, 11) is 3.70. The van der Waals surface area contributed by atoms with Crippen molar-refractivity contribution in [1.29, 1.82) is 0 Å². The van der Waals surface area contributed by atoms with Crippen LogP contribution in [0, 0.1) is 0 Å². The summed E-state index contributed by atoms with van der Waals surface area (Å²) < 4.78 is 5.25. The lowest BCUT2D eigenvalue weighted by Gasteiger charge is -2.08. The number of nitrogens with two attached hydrogens (primary N) is 1. The van der Waals surface area contributed by atoms with Crippen molar-refractivity contribution in [3.8, 4) is 5.75 Å². The highest BCUT2D eigenvalue weighted by Crippen LogP contribution is 2.15. The van der Waals surface area contributed by atoms with Gasteiger partial charge < -0.3 is 15.8 Å². The minimum atomic E-state index is -0.552. The van der Waals surface area contributed by atoms with E-state index in [4.69, 9.17) is 10.5 Å². The molecule has 102 valence electrons. The molecule has 0 aliphatic rings. The van der Waals surface area contributed by atoms with E-state index in [2.05, 4.69) is 17.4 Å². The number of methoxy groups -OCH3 is 1. The molecule has 2 amide bonds. The third-order valence-corrected chi connectivity index (χ3v) is 3.09. The standard InChI is InChI=1S/C15H17BN2O2/c1-20-14-7-4-11(9-13(14)16)8-10-2-5-12(6-3-10)18-15(17)19/h2-7,9H,8,16H2,1H3,(H3,17,18,19). The van der Waals surface area contributed by atoms with Gasteiger partial charge in [0.05, 0.1) is 7.11 Å². The van der Waals surface area contributed by atoms with Gasteiger partial charge in [0.25, 0.3) is 0 Å². The summed E-state index contributed by atoms with van der Waals surface area (Å²) in [5, 5.41) is 2.54. The number of carbonyl (C=O) groups is 1. The summed E-state index contributed by atoms with van der Waals surface area (Å²) >= 11 is 0. The molecule has 2 aromatic carbocycles. The third-order valence-electron chi connectivity index (χ3n) is 3.09. The Hall–Kier alpha value is -2.43. The molecule has 0 saturated heterocycles. The number of hydrogen-bond donors (Lipinski definition) is 2. The van der Waals surface area contributed by atoms with Gasteiger partial charge in [0, 0.05) is 5.69 Å². The van der Waals surface area contributed by atoms with Crippen molar-refractivity contribution in [1.82, 2.24) is 0 Å². The molecular weight excluding hydrogens is 251 g/mol. The molecule has 0 bridgehead atoms. The molecular formula is C15H17BN2O2. The molecule has 0 atom stereocenters. The molecule has 0 unspecified atom stereocenters. The van der Waals surface area contributed by atoms with Crippen molar-refractivity contribution in [3.05, 3.63) is 53.6 Å². The van der Waals surface area contributed by atoms with Crippen LogP contribution >= 0.6 is 0 Å². The van der Waals surface area contributed by atoms with Crippen molar-refractivity contribution in [2.75, 3.05) is 12.4 Å². The Morgan fingerprint density at radius 1 is 1.20 bits per heavy atom. The van der Waals surface area contributed by atoms with E-state index >= 15 is 0 Å². The van der Waals surface area contributed by atoms with Crippen LogP contribution in [0.15, 0.2) is 42.5 Å². The fourth-order valence-corrected chi connectivity index (χ4v) is 2.13. The predicted octanol–water partition coefficient (Wildman–Crippen LogP) is 1.04. The Morgan fingerprint density at radius 3 is 2.40 bits per heavy atom. The van der Waals surface area contributed by atoms with Gasteiger partial charge in [-0.25, -0.2) is 4.79 Å². The van der Waals surface area contributed by atoms with Crippen LogP contribution in [-0.4, -0.2) is 21.0 Å². The van der Waals surface area contributed by atoms with E-state index in [0.717, 1.165) is 17.6 Å². The summed E-state index contributed by atoms with van der Waals surface area (Å²) in [5.41, 5.74) is 9.28. The van der Waals surface area contributed by atoms with Crippen LogP contribution in [0.4, 0.5) is 10.5 Å². The molecule has 0 aliphatic heterocycles. The highest BCUT2D eigenvalue weighted by atomic mass is 16.5. The minimum absolute atomic E-state index is 0.552. The van der Waals surface area contributed by atoms with Gasteiger partial charge in [0.1, 0.15) is 13.6 Å². The second-order valence-corrected chi connectivity index (χ2v) is 4.67. The topological polar surface area (TPSA) is 64.3 Å². The number of carbonyl (C=O) groups excluding carboxylic acids is 1. The average molecular weight is 268 g/mol. The first-order valence-electron chi connectivity index (χ1n) is 6.37. The molecule has 20 heavy (non-hydrogen) atoms. The molecule has 0 radical (unpaired) electrons. The van der Waals surface area contributed by atoms with Crippen LogP contribution in [0.3, 0.4) is 0 Å². The maximum atomic E-state index is 10.7. The molecule has 2 rings (SSSR count). The van der Waals surface area contributed by atoms with Gasteiger partial charge in [0.15, 0.2) is 0 Å². The Kier molecular flexibility index (Phi) is 4.30. The van der Waals surface area contributed by atoms with Crippen molar-refractivity contribution in [2.24, 2.45) is 5.73 Å². The maximum Gasteiger partial charge on any atom is 0.316 e. The van der Waals surface area contributed by atoms with Gasteiger partial charge >= 0.3 is 6.03 Å². The largest absolute Gasteiger partial charge is 0.497 e. The van der Waals surface area contributed by atoms with E-state index in [-0.39, 0.29) is 0 Å². The average Bonchev–Trinajstić information content (AvgIpc) is 2.41. The molecule has 0 fully saturated rings. The van der Waals surface area contributed by atoms with E-state index < -0.39 is 6.03 Å². The summed E-state index contributed by atoms with van der Waals surface area (Å²) in [6.07, 6.45) is 0.835. The van der Waals surface area contributed by atoms with E-state index in [9.17, 15) is 4.79 Å². The zero-order valence-corrected chi connectivity index (χ0v) is 11.6. The van der Waals surface area contributed by atoms with E-state index in [1.165, 1.54) is 11.1 Å². The fraction of sp³-hybridized carbons (Fsp3) is 0.133. The molecule has 5 heteroatoms. The minimum Gasteiger partial charge on any atom is -0.497 e. The summed E-state index contributed by atoms with van der Waals surface area (Å²) in [5.74, 6) is 0.898. The van der Waals surface area contributed by atoms with Crippen LogP contribution < -0.4 is 21.3 Å². The number of hydrogen-bond acceptors (Lipinski definition) is 2. The van der Waals surface area contributed by atoms with E-state index in [1.54, 1.807) is 7.11 Å². The number of benzene rings is 2. The molecule has 4 nitrogen and oxygen atoms in total. The van der Waals surface area contributed by atoms with Crippen LogP contribution in [0.2, 0.25) is 0 Å². The van der Waals surface area contributed by atoms with Crippen LogP contribution in [0.1, 0.15) is 11.1 Å². The number of primary amides is 1. The fourth-order valence-electron chi connectivity index (χ4n) is 2.13. The molecule has 0 saturated carbocycles. The van der Waals surface area contributed by atoms with Crippen molar-refractivity contribution in [2.45, 2.75) is 6.42 Å². The molecule has 0 aromatic heterocycles. The van der Waals surface area contributed by atoms with Crippen LogP contribution in [0.5, 0.6) is 5.75 Å². The van der Waals surface area contributed by atoms with Crippen molar-refractivity contribution < 1.29 is 9.53 Å². The van der Waals surface area contributed by atoms with Gasteiger partial charge in [-0.1, -0.05) is 24.3 Å². The highest BCUT2D eigenvalue weighted by molar-refractivity contribution is 6.34. The van der Waals surface area contributed by atoms with Crippen molar-refractivity contribution in [3.63, 3.8) is 0 Å². The maximum absolute atomic E-state index is 10.7. The predicted molar refractivity (Wildman–Crippen MR) is 83.6 cm³/mol. The van der Waals surface area contributed by atoms with E-state index in [0.29, 0.717) is 5.69 Å². The first-order chi connectivity index (χ1) is 9.58. The van der Waals surface area contributed by atoms with Gasteiger partial charge in [-0.3, -0.25) is 0 Å². The van der Waals surface area contributed by atoms with E-state index in [1.807, 2.05) is 38.2 Å².